The Morgan fingerprint density at radius 2 is 1.36 bits per heavy atom. The summed E-state index contributed by atoms with van der Waals surface area (Å²) in [6, 6.07) is 2.08. The Balaban J connectivity index is 1.43. The van der Waals surface area contributed by atoms with Crippen LogP contribution in [0, 0.1) is 5.82 Å². The Morgan fingerprint density at radius 1 is 0.720 bits per heavy atom. The predicted octanol–water partition coefficient (Wildman–Crippen LogP) is 1.72. The van der Waals surface area contributed by atoms with Crippen LogP contribution in [-0.2, 0) is 0 Å². The van der Waals surface area contributed by atoms with Gasteiger partial charge in [0.25, 0.3) is 0 Å². The van der Waals surface area contributed by atoms with Crippen molar-refractivity contribution in [1.29, 1.82) is 0 Å². The lowest BCUT2D eigenvalue weighted by Gasteiger charge is -2.36. The number of nitrogens with zero attached hydrogens (tertiary/aromatic N) is 7. The van der Waals surface area contributed by atoms with E-state index in [2.05, 4.69) is 35.8 Å². The maximum atomic E-state index is 13.8. The van der Waals surface area contributed by atoms with E-state index in [0.29, 0.717) is 18.9 Å². The lowest BCUT2D eigenvalue weighted by Crippen LogP contribution is -2.47. The van der Waals surface area contributed by atoms with Crippen LogP contribution in [-0.4, -0.2) is 59.2 Å². The maximum Gasteiger partial charge on any atom is 0.183 e. The third-order valence-electron chi connectivity index (χ3n) is 4.87. The average Bonchev–Trinajstić information content (AvgIpc) is 2.69. The molecule has 2 aliphatic rings. The van der Waals surface area contributed by atoms with Gasteiger partial charge in [-0.15, -0.1) is 0 Å². The van der Waals surface area contributed by atoms with Crippen molar-refractivity contribution in [3.8, 4) is 0 Å². The Hall–Kier alpha value is -2.51. The molecule has 0 unspecified atom stereocenters. The molecule has 7 nitrogen and oxygen atoms in total. The van der Waals surface area contributed by atoms with Gasteiger partial charge in [-0.25, -0.2) is 24.3 Å². The van der Waals surface area contributed by atoms with Crippen LogP contribution < -0.4 is 14.7 Å². The molecule has 0 atom stereocenters. The van der Waals surface area contributed by atoms with Crippen molar-refractivity contribution in [1.82, 2.24) is 19.9 Å². The zero-order valence-electron chi connectivity index (χ0n) is 14.2. The molecule has 2 saturated heterocycles. The van der Waals surface area contributed by atoms with Crippen molar-refractivity contribution in [2.75, 3.05) is 54.0 Å². The Labute approximate surface area is 146 Å². The number of piperazine rings is 1. The summed E-state index contributed by atoms with van der Waals surface area (Å²) in [6.45, 7) is 5.10. The fraction of sp³-hybridized carbons (Fsp3) is 0.529. The van der Waals surface area contributed by atoms with Gasteiger partial charge in [-0.05, 0) is 19.3 Å². The molecule has 2 aromatic heterocycles. The van der Waals surface area contributed by atoms with Gasteiger partial charge in [-0.2, -0.15) is 0 Å². The second-order valence-corrected chi connectivity index (χ2v) is 6.45. The Morgan fingerprint density at radius 3 is 2.04 bits per heavy atom. The lowest BCUT2D eigenvalue weighted by atomic mass is 10.1. The zero-order chi connectivity index (χ0) is 17.1. The molecule has 2 aliphatic heterocycles. The largest absolute Gasteiger partial charge is 0.356 e. The van der Waals surface area contributed by atoms with Gasteiger partial charge in [0, 0.05) is 45.3 Å². The Bertz CT molecular complexity index is 712. The highest BCUT2D eigenvalue weighted by atomic mass is 19.1. The van der Waals surface area contributed by atoms with E-state index in [4.69, 9.17) is 0 Å². The van der Waals surface area contributed by atoms with E-state index >= 15 is 0 Å². The molecule has 2 aromatic rings. The first-order valence-corrected chi connectivity index (χ1v) is 8.84. The monoisotopic (exact) mass is 343 g/mol. The number of anilines is 3. The molecule has 0 N–H and O–H groups in total. The minimum atomic E-state index is -0.370. The number of aromatic nitrogens is 4. The third kappa shape index (κ3) is 3.47. The van der Waals surface area contributed by atoms with Crippen LogP contribution in [0.2, 0.25) is 0 Å². The molecule has 0 aromatic carbocycles. The molecule has 2 fully saturated rings. The van der Waals surface area contributed by atoms with Crippen LogP contribution in [0.15, 0.2) is 24.9 Å². The van der Waals surface area contributed by atoms with Crippen LogP contribution in [0.4, 0.5) is 21.8 Å². The molecule has 4 heterocycles. The summed E-state index contributed by atoms with van der Waals surface area (Å²) in [7, 11) is 0. The molecule has 4 rings (SSSR count). The number of halogens is 1. The van der Waals surface area contributed by atoms with E-state index in [1.165, 1.54) is 31.8 Å². The summed E-state index contributed by atoms with van der Waals surface area (Å²) in [4.78, 5) is 23.2. The summed E-state index contributed by atoms with van der Waals surface area (Å²) < 4.78 is 13.8. The van der Waals surface area contributed by atoms with Gasteiger partial charge in [0.05, 0.1) is 6.20 Å². The smallest absolute Gasteiger partial charge is 0.183 e. The van der Waals surface area contributed by atoms with Crippen molar-refractivity contribution in [3.05, 3.63) is 30.7 Å². The molecular formula is C17H22FN7. The molecule has 0 radical (unpaired) electrons. The molecule has 0 bridgehead atoms. The average molecular weight is 343 g/mol. The van der Waals surface area contributed by atoms with Gasteiger partial charge in [0.15, 0.2) is 11.6 Å². The van der Waals surface area contributed by atoms with Gasteiger partial charge < -0.3 is 14.7 Å². The minimum Gasteiger partial charge on any atom is -0.356 e. The van der Waals surface area contributed by atoms with Crippen molar-refractivity contribution in [2.45, 2.75) is 19.3 Å². The fourth-order valence-electron chi connectivity index (χ4n) is 3.49. The molecule has 8 heteroatoms. The lowest BCUT2D eigenvalue weighted by molar-refractivity contribution is 0.571. The number of piperidine rings is 1. The normalized spacial score (nSPS) is 18.5. The standard InChI is InChI=1S/C17H22FN7/c18-14-11-19-12-22-17(14)25-8-6-24(7-9-25)16-10-15(20-13-21-16)23-4-2-1-3-5-23/h10-13H,1-9H2. The topological polar surface area (TPSA) is 61.3 Å². The summed E-state index contributed by atoms with van der Waals surface area (Å²) in [6.07, 6.45) is 8.00. The quantitative estimate of drug-likeness (QED) is 0.841. The highest BCUT2D eigenvalue weighted by Gasteiger charge is 2.22. The maximum absolute atomic E-state index is 13.8. The molecule has 132 valence electrons. The summed E-state index contributed by atoms with van der Waals surface area (Å²) in [5.74, 6) is 1.96. The van der Waals surface area contributed by atoms with Crippen molar-refractivity contribution >= 4 is 17.5 Å². The fourth-order valence-corrected chi connectivity index (χ4v) is 3.49. The van der Waals surface area contributed by atoms with E-state index in [9.17, 15) is 4.39 Å². The summed E-state index contributed by atoms with van der Waals surface area (Å²) >= 11 is 0. The number of hydrogen-bond acceptors (Lipinski definition) is 7. The molecule has 25 heavy (non-hydrogen) atoms. The van der Waals surface area contributed by atoms with E-state index in [1.54, 1.807) is 6.33 Å². The van der Waals surface area contributed by atoms with Crippen molar-refractivity contribution < 1.29 is 4.39 Å². The van der Waals surface area contributed by atoms with Gasteiger partial charge in [0.1, 0.15) is 24.3 Å². The Kier molecular flexibility index (Phi) is 4.58. The van der Waals surface area contributed by atoms with Crippen LogP contribution >= 0.6 is 0 Å². The van der Waals surface area contributed by atoms with Gasteiger partial charge in [0.2, 0.25) is 0 Å². The molecule has 0 amide bonds. The third-order valence-corrected chi connectivity index (χ3v) is 4.87. The molecule has 0 saturated carbocycles. The first kappa shape index (κ1) is 16.0. The second kappa shape index (κ2) is 7.16. The van der Waals surface area contributed by atoms with E-state index < -0.39 is 0 Å². The summed E-state index contributed by atoms with van der Waals surface area (Å²) in [5.41, 5.74) is 0. The van der Waals surface area contributed by atoms with E-state index in [-0.39, 0.29) is 5.82 Å². The minimum absolute atomic E-state index is 0.370. The van der Waals surface area contributed by atoms with Crippen molar-refractivity contribution in [3.63, 3.8) is 0 Å². The summed E-state index contributed by atoms with van der Waals surface area (Å²) in [5, 5.41) is 0. The van der Waals surface area contributed by atoms with Gasteiger partial charge >= 0.3 is 0 Å². The van der Waals surface area contributed by atoms with Gasteiger partial charge in [-0.1, -0.05) is 0 Å². The second-order valence-electron chi connectivity index (χ2n) is 6.45. The van der Waals surface area contributed by atoms with Crippen LogP contribution in [0.3, 0.4) is 0 Å². The van der Waals surface area contributed by atoms with E-state index in [0.717, 1.165) is 37.8 Å². The van der Waals surface area contributed by atoms with E-state index in [1.807, 2.05) is 4.90 Å². The van der Waals surface area contributed by atoms with Crippen LogP contribution in [0.1, 0.15) is 19.3 Å². The molecule has 0 aliphatic carbocycles. The predicted molar refractivity (Wildman–Crippen MR) is 94.5 cm³/mol. The highest BCUT2D eigenvalue weighted by Crippen LogP contribution is 2.23. The van der Waals surface area contributed by atoms with Crippen LogP contribution in [0.25, 0.3) is 0 Å². The SMILES string of the molecule is Fc1cncnc1N1CCN(c2cc(N3CCCCC3)ncn2)CC1. The molecular weight excluding hydrogens is 321 g/mol. The molecule has 0 spiro atoms. The van der Waals surface area contributed by atoms with Crippen molar-refractivity contribution in [2.24, 2.45) is 0 Å². The van der Waals surface area contributed by atoms with Crippen LogP contribution in [0.5, 0.6) is 0 Å². The zero-order valence-corrected chi connectivity index (χ0v) is 14.2. The first-order valence-electron chi connectivity index (χ1n) is 8.84. The highest BCUT2D eigenvalue weighted by molar-refractivity contribution is 5.52. The number of rotatable bonds is 3. The first-order chi connectivity index (χ1) is 12.3. The number of hydrogen-bond donors (Lipinski definition) is 0. The van der Waals surface area contributed by atoms with Gasteiger partial charge in [-0.3, -0.25) is 0 Å².